The Labute approximate surface area is 157 Å². The number of aryl methyl sites for hydroxylation is 2. The maximum Gasteiger partial charge on any atom is 0.268 e. The van der Waals surface area contributed by atoms with Crippen LogP contribution in [0.4, 0.5) is 5.69 Å². The van der Waals surface area contributed by atoms with Gasteiger partial charge >= 0.3 is 0 Å². The Morgan fingerprint density at radius 1 is 1.46 bits per heavy atom. The van der Waals surface area contributed by atoms with Crippen molar-refractivity contribution in [1.29, 1.82) is 0 Å². The molecule has 0 aromatic carbocycles. The van der Waals surface area contributed by atoms with E-state index in [0.717, 1.165) is 35.9 Å². The molecule has 1 amide bonds. The van der Waals surface area contributed by atoms with Crippen LogP contribution < -0.4 is 15.8 Å². The van der Waals surface area contributed by atoms with Crippen molar-refractivity contribution < 1.29 is 4.79 Å². The van der Waals surface area contributed by atoms with E-state index in [9.17, 15) is 9.59 Å². The standard InChI is InChI=1S/C18H25N5O2S/c1-11(2)18-21-12(3)16(26-18)17(25)19-8-13-5-6-23(10-13)14-7-15(24)22(4)20-9-14/h7,9,11,13H,5-6,8,10H2,1-4H3,(H,19,25)/t13-/m1/s1. The molecule has 1 atom stereocenters. The molecule has 1 aliphatic heterocycles. The van der Waals surface area contributed by atoms with Crippen molar-refractivity contribution in [1.82, 2.24) is 20.1 Å². The average Bonchev–Trinajstić information content (AvgIpc) is 3.22. The van der Waals surface area contributed by atoms with E-state index in [1.165, 1.54) is 16.0 Å². The fourth-order valence-corrected chi connectivity index (χ4v) is 4.04. The molecule has 2 aromatic heterocycles. The Morgan fingerprint density at radius 3 is 2.88 bits per heavy atom. The van der Waals surface area contributed by atoms with Crippen LogP contribution in [-0.2, 0) is 7.05 Å². The maximum atomic E-state index is 12.5. The number of carbonyl (C=O) groups is 1. The van der Waals surface area contributed by atoms with Crippen molar-refractivity contribution in [3.05, 3.63) is 38.2 Å². The fourth-order valence-electron chi connectivity index (χ4n) is 3.06. The van der Waals surface area contributed by atoms with E-state index in [0.29, 0.717) is 23.3 Å². The highest BCUT2D eigenvalue weighted by Gasteiger charge is 2.25. The van der Waals surface area contributed by atoms with Crippen molar-refractivity contribution >= 4 is 22.9 Å². The Balaban J connectivity index is 1.56. The van der Waals surface area contributed by atoms with Crippen molar-refractivity contribution in [3.8, 4) is 0 Å². The molecule has 1 fully saturated rings. The van der Waals surface area contributed by atoms with Crippen LogP contribution in [0.2, 0.25) is 0 Å². The molecule has 0 spiro atoms. The minimum Gasteiger partial charge on any atom is -0.370 e. The van der Waals surface area contributed by atoms with Gasteiger partial charge in [0, 0.05) is 38.7 Å². The van der Waals surface area contributed by atoms with E-state index in [4.69, 9.17) is 0 Å². The zero-order valence-corrected chi connectivity index (χ0v) is 16.5. The largest absolute Gasteiger partial charge is 0.370 e. The third-order valence-electron chi connectivity index (χ3n) is 4.67. The summed E-state index contributed by atoms with van der Waals surface area (Å²) in [7, 11) is 1.64. The molecule has 8 heteroatoms. The summed E-state index contributed by atoms with van der Waals surface area (Å²) in [5, 5.41) is 8.12. The zero-order valence-electron chi connectivity index (χ0n) is 15.7. The van der Waals surface area contributed by atoms with Crippen LogP contribution in [0.3, 0.4) is 0 Å². The Hall–Kier alpha value is -2.22. The van der Waals surface area contributed by atoms with E-state index < -0.39 is 0 Å². The van der Waals surface area contributed by atoms with Gasteiger partial charge in [0.25, 0.3) is 11.5 Å². The molecule has 1 N–H and O–H groups in total. The number of amides is 1. The van der Waals surface area contributed by atoms with Crippen molar-refractivity contribution in [2.75, 3.05) is 24.5 Å². The van der Waals surface area contributed by atoms with Gasteiger partial charge in [0.15, 0.2) is 0 Å². The summed E-state index contributed by atoms with van der Waals surface area (Å²) in [5.41, 5.74) is 1.54. The Kier molecular flexibility index (Phi) is 5.41. The summed E-state index contributed by atoms with van der Waals surface area (Å²) < 4.78 is 1.32. The number of thiazole rings is 1. The highest BCUT2D eigenvalue weighted by molar-refractivity contribution is 7.13. The minimum absolute atomic E-state index is 0.0411. The van der Waals surface area contributed by atoms with E-state index in [1.54, 1.807) is 19.3 Å². The maximum absolute atomic E-state index is 12.5. The second-order valence-corrected chi connectivity index (χ2v) is 8.14. The van der Waals surface area contributed by atoms with Crippen molar-refractivity contribution in [2.24, 2.45) is 13.0 Å². The average molecular weight is 375 g/mol. The van der Waals surface area contributed by atoms with Gasteiger partial charge < -0.3 is 10.2 Å². The van der Waals surface area contributed by atoms with Crippen LogP contribution >= 0.6 is 11.3 Å². The molecular weight excluding hydrogens is 350 g/mol. The third-order valence-corrected chi connectivity index (χ3v) is 6.13. The summed E-state index contributed by atoms with van der Waals surface area (Å²) >= 11 is 1.48. The lowest BCUT2D eigenvalue weighted by atomic mass is 10.1. The number of anilines is 1. The summed E-state index contributed by atoms with van der Waals surface area (Å²) in [6.07, 6.45) is 2.70. The van der Waals surface area contributed by atoms with Crippen LogP contribution in [0, 0.1) is 12.8 Å². The molecule has 0 aliphatic carbocycles. The molecule has 0 saturated carbocycles. The van der Waals surface area contributed by atoms with Crippen molar-refractivity contribution in [3.63, 3.8) is 0 Å². The highest BCUT2D eigenvalue weighted by Crippen LogP contribution is 2.25. The van der Waals surface area contributed by atoms with Gasteiger partial charge in [-0.25, -0.2) is 9.67 Å². The third kappa shape index (κ3) is 3.95. The molecule has 1 aliphatic rings. The van der Waals surface area contributed by atoms with Gasteiger partial charge in [-0.05, 0) is 19.3 Å². The molecule has 0 unspecified atom stereocenters. The predicted octanol–water partition coefficient (Wildman–Crippen LogP) is 1.92. The molecular formula is C18H25N5O2S. The van der Waals surface area contributed by atoms with Gasteiger partial charge in [-0.2, -0.15) is 5.10 Å². The predicted molar refractivity (Wildman–Crippen MR) is 103 cm³/mol. The van der Waals surface area contributed by atoms with E-state index in [1.807, 2.05) is 6.92 Å². The number of carbonyl (C=O) groups excluding carboxylic acids is 1. The number of hydrogen-bond donors (Lipinski definition) is 1. The van der Waals surface area contributed by atoms with E-state index in [-0.39, 0.29) is 11.5 Å². The fraction of sp³-hybridized carbons (Fsp3) is 0.556. The van der Waals surface area contributed by atoms with E-state index in [2.05, 4.69) is 34.1 Å². The number of nitrogens with one attached hydrogen (secondary N) is 1. The molecule has 1 saturated heterocycles. The highest BCUT2D eigenvalue weighted by atomic mass is 32.1. The zero-order chi connectivity index (χ0) is 18.8. The lowest BCUT2D eigenvalue weighted by molar-refractivity contribution is 0.0951. The summed E-state index contributed by atoms with van der Waals surface area (Å²) in [6.45, 7) is 8.36. The second-order valence-electron chi connectivity index (χ2n) is 7.11. The van der Waals surface area contributed by atoms with Gasteiger partial charge in [-0.1, -0.05) is 13.8 Å². The van der Waals surface area contributed by atoms with Gasteiger partial charge in [-0.15, -0.1) is 11.3 Å². The van der Waals surface area contributed by atoms with Crippen LogP contribution in [0.5, 0.6) is 0 Å². The van der Waals surface area contributed by atoms with Crippen LogP contribution in [0.15, 0.2) is 17.1 Å². The Morgan fingerprint density at radius 2 is 2.23 bits per heavy atom. The molecule has 26 heavy (non-hydrogen) atoms. The second kappa shape index (κ2) is 7.57. The first-order valence-corrected chi connectivity index (χ1v) is 9.70. The number of aromatic nitrogens is 3. The molecule has 0 bridgehead atoms. The topological polar surface area (TPSA) is 80.1 Å². The van der Waals surface area contributed by atoms with Gasteiger partial charge in [0.1, 0.15) is 4.88 Å². The summed E-state index contributed by atoms with van der Waals surface area (Å²) in [6, 6.07) is 1.61. The SMILES string of the molecule is Cc1nc(C(C)C)sc1C(=O)NC[C@H]1CCN(c2cnn(C)c(=O)c2)C1. The van der Waals surface area contributed by atoms with E-state index >= 15 is 0 Å². The Bertz CT molecular complexity index is 858. The van der Waals surface area contributed by atoms with Gasteiger partial charge in [-0.3, -0.25) is 9.59 Å². The molecule has 3 rings (SSSR count). The molecule has 3 heterocycles. The van der Waals surface area contributed by atoms with Gasteiger partial charge in [0.2, 0.25) is 0 Å². The minimum atomic E-state index is -0.110. The normalized spacial score (nSPS) is 17.1. The molecule has 0 radical (unpaired) electrons. The molecule has 2 aromatic rings. The first-order valence-electron chi connectivity index (χ1n) is 8.89. The summed E-state index contributed by atoms with van der Waals surface area (Å²) in [5.74, 6) is 0.650. The first-order chi connectivity index (χ1) is 12.3. The lowest BCUT2D eigenvalue weighted by Crippen LogP contribution is -2.31. The van der Waals surface area contributed by atoms with Crippen LogP contribution in [-0.4, -0.2) is 40.3 Å². The number of nitrogens with zero attached hydrogens (tertiary/aromatic N) is 4. The number of hydrogen-bond acceptors (Lipinski definition) is 6. The number of rotatable bonds is 5. The monoisotopic (exact) mass is 375 g/mol. The quantitative estimate of drug-likeness (QED) is 0.864. The molecule has 7 nitrogen and oxygen atoms in total. The summed E-state index contributed by atoms with van der Waals surface area (Å²) in [4.78, 5) is 31.6. The molecule has 140 valence electrons. The lowest BCUT2D eigenvalue weighted by Gasteiger charge is -2.18. The van der Waals surface area contributed by atoms with Gasteiger partial charge in [0.05, 0.1) is 22.6 Å². The van der Waals surface area contributed by atoms with Crippen molar-refractivity contribution in [2.45, 2.75) is 33.1 Å². The smallest absolute Gasteiger partial charge is 0.268 e. The van der Waals surface area contributed by atoms with Crippen LogP contribution in [0.1, 0.15) is 46.6 Å². The first kappa shape index (κ1) is 18.6. The van der Waals surface area contributed by atoms with Crippen LogP contribution in [0.25, 0.3) is 0 Å².